The normalized spacial score (nSPS) is 27.9. The van der Waals surface area contributed by atoms with Crippen molar-refractivity contribution in [1.82, 2.24) is 4.31 Å². The fourth-order valence-corrected chi connectivity index (χ4v) is 9.48. The van der Waals surface area contributed by atoms with Crippen molar-refractivity contribution in [2.24, 2.45) is 0 Å². The number of nitrogens with zero attached hydrogens (tertiary/aromatic N) is 2. The van der Waals surface area contributed by atoms with Gasteiger partial charge in [0.2, 0.25) is 16.6 Å². The van der Waals surface area contributed by atoms with Crippen LogP contribution in [-0.4, -0.2) is 68.5 Å². The Labute approximate surface area is 259 Å². The largest absolute Gasteiger partial charge is 0.385 e. The fraction of sp³-hybridized carbons (Fsp3) is 0.613. The molecule has 9 nitrogen and oxygen atoms in total. The highest BCUT2D eigenvalue weighted by molar-refractivity contribution is 7.89. The molecule has 2 aliphatic rings. The monoisotopic (exact) mass is 654 g/mol. The molecule has 2 fully saturated rings. The van der Waals surface area contributed by atoms with Gasteiger partial charge in [0.25, 0.3) is 0 Å². The van der Waals surface area contributed by atoms with Gasteiger partial charge in [0.15, 0.2) is 0 Å². The van der Waals surface area contributed by atoms with E-state index in [-0.39, 0.29) is 37.3 Å². The molecule has 0 spiro atoms. The molecule has 0 bridgehead atoms. The first-order valence-corrected chi connectivity index (χ1v) is 20.2. The van der Waals surface area contributed by atoms with Crippen molar-refractivity contribution in [3.8, 4) is 0 Å². The maximum Gasteiger partial charge on any atom is 0.230 e. The molecule has 0 radical (unpaired) electrons. The third kappa shape index (κ3) is 7.56. The van der Waals surface area contributed by atoms with Crippen LogP contribution in [-0.2, 0) is 31.5 Å². The summed E-state index contributed by atoms with van der Waals surface area (Å²) in [5, 5.41) is 21.5. The molecule has 4 rings (SSSR count). The summed E-state index contributed by atoms with van der Waals surface area (Å²) in [5.41, 5.74) is -2.03. The van der Waals surface area contributed by atoms with E-state index in [9.17, 15) is 23.6 Å². The van der Waals surface area contributed by atoms with Gasteiger partial charge in [-0.3, -0.25) is 10.1 Å². The zero-order valence-electron chi connectivity index (χ0n) is 26.1. The Morgan fingerprint density at radius 1 is 1.14 bits per heavy atom. The highest BCUT2D eigenvalue weighted by Crippen LogP contribution is 2.55. The lowest BCUT2D eigenvalue weighted by Gasteiger charge is -2.55. The van der Waals surface area contributed by atoms with Crippen molar-refractivity contribution in [3.63, 3.8) is 0 Å². The molecule has 1 heterocycles. The maximum atomic E-state index is 15.9. The van der Waals surface area contributed by atoms with Crippen LogP contribution in [0.2, 0.25) is 25.7 Å². The Kier molecular flexibility index (Phi) is 10.4. The summed E-state index contributed by atoms with van der Waals surface area (Å²) >= 11 is 0. The summed E-state index contributed by atoms with van der Waals surface area (Å²) < 4.78 is 71.6. The van der Waals surface area contributed by atoms with Gasteiger partial charge in [0.05, 0.1) is 5.60 Å². The van der Waals surface area contributed by atoms with E-state index in [4.69, 9.17) is 9.47 Å². The highest BCUT2D eigenvalue weighted by Gasteiger charge is 2.60. The van der Waals surface area contributed by atoms with Crippen molar-refractivity contribution in [2.45, 2.75) is 100 Å². The fourth-order valence-electron chi connectivity index (χ4n) is 6.54. The minimum Gasteiger partial charge on any atom is -0.385 e. The van der Waals surface area contributed by atoms with E-state index >= 15 is 8.78 Å². The minimum absolute atomic E-state index is 0.0123. The highest BCUT2D eigenvalue weighted by atomic mass is 32.2. The molecule has 3 atom stereocenters. The Balaban J connectivity index is 1.56. The number of aliphatic hydroxyl groups is 1. The standard InChI is InChI=1S/C31H44F2N2O7SSi/c1-22-11-12-28(23-9-7-6-8-10-23)43(39,40)34(22)17-24-15-27(33)25(16-26(24)32)31(29(36)18-35(37)38)19-30(2,20-31)42-21-41-13-14-44(3,4)5/h6-10,15-16,22,28-29,36H,11-14,17-21H2,1-5H3/t22-,28+,29?,30?,31?/m0/s1. The summed E-state index contributed by atoms with van der Waals surface area (Å²) in [6.07, 6.45) is -0.606. The molecule has 1 aliphatic heterocycles. The Morgan fingerprint density at radius 3 is 2.41 bits per heavy atom. The topological polar surface area (TPSA) is 119 Å². The van der Waals surface area contributed by atoms with Gasteiger partial charge in [-0.25, -0.2) is 17.2 Å². The summed E-state index contributed by atoms with van der Waals surface area (Å²) in [5.74, 6) is -1.71. The van der Waals surface area contributed by atoms with E-state index in [2.05, 4.69) is 19.6 Å². The first-order chi connectivity index (χ1) is 20.5. The third-order valence-corrected chi connectivity index (χ3v) is 13.1. The number of hydrogen-bond acceptors (Lipinski definition) is 7. The number of halogens is 2. The first kappa shape index (κ1) is 34.6. The SMILES string of the molecule is C[C@H]1CC[C@H](c2ccccc2)S(=O)(=O)N1Cc1cc(F)c(C2(C(O)C[N+](=O)[O-])CC(C)(OCOCC[Si](C)(C)C)C2)cc1F. The van der Waals surface area contributed by atoms with E-state index in [1.807, 2.05) is 0 Å². The predicted octanol–water partition coefficient (Wildman–Crippen LogP) is 5.78. The van der Waals surface area contributed by atoms with Gasteiger partial charge in [-0.2, -0.15) is 4.31 Å². The Hall–Kier alpha value is -2.29. The molecule has 2 aromatic carbocycles. The van der Waals surface area contributed by atoms with Crippen molar-refractivity contribution in [2.75, 3.05) is 19.9 Å². The van der Waals surface area contributed by atoms with Crippen LogP contribution < -0.4 is 0 Å². The minimum atomic E-state index is -3.89. The van der Waals surface area contributed by atoms with Gasteiger partial charge >= 0.3 is 0 Å². The lowest BCUT2D eigenvalue weighted by Crippen LogP contribution is -2.62. The van der Waals surface area contributed by atoms with Gasteiger partial charge in [-0.1, -0.05) is 50.0 Å². The number of nitro groups is 1. The molecule has 244 valence electrons. The third-order valence-electron chi connectivity index (χ3n) is 9.02. The van der Waals surface area contributed by atoms with Crippen LogP contribution in [0.25, 0.3) is 0 Å². The quantitative estimate of drug-likeness (QED) is 0.0957. The number of sulfonamides is 1. The van der Waals surface area contributed by atoms with Crippen LogP contribution in [0.4, 0.5) is 8.78 Å². The van der Waals surface area contributed by atoms with Crippen molar-refractivity contribution >= 4 is 18.1 Å². The molecule has 1 saturated carbocycles. The van der Waals surface area contributed by atoms with Crippen LogP contribution in [0.3, 0.4) is 0 Å². The second-order valence-electron chi connectivity index (χ2n) is 13.8. The molecular formula is C31H44F2N2O7SSi. The summed E-state index contributed by atoms with van der Waals surface area (Å²) in [6.45, 7) is 9.46. The van der Waals surface area contributed by atoms with E-state index in [1.54, 1.807) is 44.2 Å². The molecule has 1 aliphatic carbocycles. The van der Waals surface area contributed by atoms with Gasteiger partial charge in [-0.15, -0.1) is 0 Å². The first-order valence-electron chi connectivity index (χ1n) is 15.0. The molecule has 0 aromatic heterocycles. The zero-order chi connectivity index (χ0) is 32.5. The Bertz CT molecular complexity index is 1430. The van der Waals surface area contributed by atoms with E-state index in [0.29, 0.717) is 25.0 Å². The molecule has 0 amide bonds. The van der Waals surface area contributed by atoms with Gasteiger partial charge in [0, 0.05) is 43.2 Å². The van der Waals surface area contributed by atoms with Crippen LogP contribution in [0.15, 0.2) is 42.5 Å². The lowest BCUT2D eigenvalue weighted by molar-refractivity contribution is -0.494. The lowest BCUT2D eigenvalue weighted by atomic mass is 9.53. The second-order valence-corrected chi connectivity index (χ2v) is 21.5. The number of ether oxygens (including phenoxy) is 2. The van der Waals surface area contributed by atoms with Gasteiger partial charge < -0.3 is 14.6 Å². The number of rotatable bonds is 13. The van der Waals surface area contributed by atoms with E-state index in [0.717, 1.165) is 18.2 Å². The summed E-state index contributed by atoms with van der Waals surface area (Å²) in [7, 11) is -5.19. The molecule has 2 aromatic rings. The van der Waals surface area contributed by atoms with Crippen LogP contribution in [0.1, 0.15) is 61.5 Å². The molecule has 1 N–H and O–H groups in total. The molecule has 1 saturated heterocycles. The average Bonchev–Trinajstić information content (AvgIpc) is 2.90. The van der Waals surface area contributed by atoms with Crippen molar-refractivity contribution in [3.05, 3.63) is 80.9 Å². The van der Waals surface area contributed by atoms with E-state index < -0.39 is 69.6 Å². The van der Waals surface area contributed by atoms with Gasteiger partial charge in [0.1, 0.15) is 29.8 Å². The number of aliphatic hydroxyl groups excluding tert-OH is 1. The van der Waals surface area contributed by atoms with Crippen molar-refractivity contribution < 1.29 is 36.7 Å². The maximum absolute atomic E-state index is 15.9. The smallest absolute Gasteiger partial charge is 0.230 e. The van der Waals surface area contributed by atoms with Crippen LogP contribution in [0.5, 0.6) is 0 Å². The zero-order valence-corrected chi connectivity index (χ0v) is 27.9. The van der Waals surface area contributed by atoms with Gasteiger partial charge in [-0.05, 0) is 68.8 Å². The molecule has 13 heteroatoms. The van der Waals surface area contributed by atoms with E-state index in [1.165, 1.54) is 4.31 Å². The number of hydrogen-bond donors (Lipinski definition) is 1. The number of benzene rings is 2. The molecule has 44 heavy (non-hydrogen) atoms. The predicted molar refractivity (Wildman–Crippen MR) is 166 cm³/mol. The average molecular weight is 655 g/mol. The van der Waals surface area contributed by atoms with Crippen LogP contribution >= 0.6 is 0 Å². The summed E-state index contributed by atoms with van der Waals surface area (Å²) in [4.78, 5) is 10.6. The molecule has 1 unspecified atom stereocenters. The second kappa shape index (κ2) is 13.2. The van der Waals surface area contributed by atoms with Crippen molar-refractivity contribution in [1.29, 1.82) is 0 Å². The van der Waals surface area contributed by atoms with Crippen LogP contribution in [0, 0.1) is 21.7 Å². The summed E-state index contributed by atoms with van der Waals surface area (Å²) in [6, 6.07) is 11.3. The Morgan fingerprint density at radius 2 is 1.80 bits per heavy atom. The molecular weight excluding hydrogens is 610 g/mol.